The summed E-state index contributed by atoms with van der Waals surface area (Å²) in [7, 11) is 0. The van der Waals surface area contributed by atoms with Crippen LogP contribution < -0.4 is 0 Å². The van der Waals surface area contributed by atoms with Gasteiger partial charge in [-0.25, -0.2) is 4.98 Å². The number of nitrogens with zero attached hydrogens (tertiary/aromatic N) is 4. The Morgan fingerprint density at radius 3 is 2.29 bits per heavy atom. The van der Waals surface area contributed by atoms with Crippen molar-refractivity contribution in [3.05, 3.63) is 99.7 Å². The second kappa shape index (κ2) is 13.4. The van der Waals surface area contributed by atoms with Gasteiger partial charge in [0.1, 0.15) is 5.82 Å². The number of likely N-dealkylation sites (tertiary alicyclic amines) is 1. The van der Waals surface area contributed by atoms with Crippen LogP contribution in [0.2, 0.25) is 0 Å². The number of amides is 2. The molecule has 2 amide bonds. The number of pyridine rings is 1. The molecule has 1 N–H and O–H groups in total. The molecule has 1 saturated heterocycles. The van der Waals surface area contributed by atoms with Gasteiger partial charge in [-0.1, -0.05) is 47.5 Å². The molecule has 4 heterocycles. The van der Waals surface area contributed by atoms with E-state index in [4.69, 9.17) is 28.2 Å². The smallest absolute Gasteiger partial charge is 0.261 e. The van der Waals surface area contributed by atoms with E-state index in [1.165, 1.54) is 4.90 Å². The number of fused-ring (bicyclic) bond motifs is 1. The van der Waals surface area contributed by atoms with Gasteiger partial charge in [0.05, 0.1) is 32.6 Å². The molecular weight excluding hydrogens is 557 g/mol. The van der Waals surface area contributed by atoms with Crippen LogP contribution in [0, 0.1) is 0 Å². The zero-order chi connectivity index (χ0) is 28.8. The minimum absolute atomic E-state index is 0.175. The van der Waals surface area contributed by atoms with Gasteiger partial charge in [-0.15, -0.1) is 0 Å². The SMILES string of the molecule is C\C=C(Cl)/C(Cl)=C\C=C\c1[nH]c(C2CCN(CCCCN3C(=O)c4ccccc4C3=O)CC2)nc1-c1ccncc1. The molecule has 0 bridgehead atoms. The van der Waals surface area contributed by atoms with Crippen LogP contribution in [0.1, 0.15) is 70.8 Å². The van der Waals surface area contributed by atoms with E-state index < -0.39 is 0 Å². The molecule has 0 saturated carbocycles. The Hall–Kier alpha value is -3.52. The number of imide groups is 1. The molecule has 212 valence electrons. The second-order valence-electron chi connectivity index (χ2n) is 10.3. The molecule has 0 atom stereocenters. The summed E-state index contributed by atoms with van der Waals surface area (Å²) >= 11 is 12.4. The predicted octanol–water partition coefficient (Wildman–Crippen LogP) is 7.01. The summed E-state index contributed by atoms with van der Waals surface area (Å²) in [5.41, 5.74) is 3.83. The zero-order valence-electron chi connectivity index (χ0n) is 23.0. The van der Waals surface area contributed by atoms with Gasteiger partial charge in [0.2, 0.25) is 0 Å². The summed E-state index contributed by atoms with van der Waals surface area (Å²) in [6.45, 7) is 5.22. The number of nitrogens with one attached hydrogen (secondary N) is 1. The molecule has 0 aliphatic carbocycles. The lowest BCUT2D eigenvalue weighted by Crippen LogP contribution is -2.35. The van der Waals surface area contributed by atoms with Crippen molar-refractivity contribution in [3.8, 4) is 11.3 Å². The van der Waals surface area contributed by atoms with E-state index in [0.29, 0.717) is 33.7 Å². The van der Waals surface area contributed by atoms with Crippen molar-refractivity contribution in [2.45, 2.75) is 38.5 Å². The van der Waals surface area contributed by atoms with Gasteiger partial charge in [-0.05, 0) is 88.7 Å². The van der Waals surface area contributed by atoms with Crippen LogP contribution in [-0.4, -0.2) is 62.7 Å². The van der Waals surface area contributed by atoms with Crippen molar-refractivity contribution in [3.63, 3.8) is 0 Å². The minimum Gasteiger partial charge on any atom is -0.342 e. The minimum atomic E-state index is -0.175. The normalized spacial score (nSPS) is 17.2. The fraction of sp³-hybridized carbons (Fsp3) is 0.312. The van der Waals surface area contributed by atoms with Crippen molar-refractivity contribution >= 4 is 41.1 Å². The molecule has 41 heavy (non-hydrogen) atoms. The number of piperidine rings is 1. The van der Waals surface area contributed by atoms with Crippen LogP contribution in [0.25, 0.3) is 17.3 Å². The quantitative estimate of drug-likeness (QED) is 0.156. The van der Waals surface area contributed by atoms with Crippen LogP contribution >= 0.6 is 23.2 Å². The van der Waals surface area contributed by atoms with E-state index >= 15 is 0 Å². The Kier molecular flexibility index (Phi) is 9.49. The van der Waals surface area contributed by atoms with Crippen LogP contribution in [0.15, 0.2) is 77.1 Å². The number of hydrogen-bond acceptors (Lipinski definition) is 5. The maximum absolute atomic E-state index is 12.6. The summed E-state index contributed by atoms with van der Waals surface area (Å²) in [6.07, 6.45) is 14.7. The number of aromatic amines is 1. The number of hydrogen-bond donors (Lipinski definition) is 1. The lowest BCUT2D eigenvalue weighted by molar-refractivity contribution is 0.0649. The lowest BCUT2D eigenvalue weighted by Gasteiger charge is -2.31. The van der Waals surface area contributed by atoms with Gasteiger partial charge in [-0.2, -0.15) is 0 Å². The first-order valence-corrected chi connectivity index (χ1v) is 14.8. The van der Waals surface area contributed by atoms with Gasteiger partial charge in [0.25, 0.3) is 11.8 Å². The van der Waals surface area contributed by atoms with Crippen LogP contribution in [0.5, 0.6) is 0 Å². The third kappa shape index (κ3) is 6.70. The van der Waals surface area contributed by atoms with Crippen LogP contribution in [0.3, 0.4) is 0 Å². The molecule has 3 aromatic rings. The average molecular weight is 591 g/mol. The van der Waals surface area contributed by atoms with Gasteiger partial charge >= 0.3 is 0 Å². The first kappa shape index (κ1) is 29.0. The molecule has 9 heteroatoms. The highest BCUT2D eigenvalue weighted by Crippen LogP contribution is 2.31. The molecule has 5 rings (SSSR count). The van der Waals surface area contributed by atoms with E-state index in [1.54, 1.807) is 48.8 Å². The fourth-order valence-corrected chi connectivity index (χ4v) is 5.62. The van der Waals surface area contributed by atoms with Crippen LogP contribution in [0.4, 0.5) is 0 Å². The molecule has 7 nitrogen and oxygen atoms in total. The number of aromatic nitrogens is 3. The highest BCUT2D eigenvalue weighted by molar-refractivity contribution is 6.43. The monoisotopic (exact) mass is 589 g/mol. The van der Waals surface area contributed by atoms with Crippen molar-refractivity contribution in [2.75, 3.05) is 26.2 Å². The zero-order valence-corrected chi connectivity index (χ0v) is 24.5. The van der Waals surface area contributed by atoms with E-state index in [-0.39, 0.29) is 11.8 Å². The number of benzene rings is 1. The Bertz CT molecular complexity index is 1450. The number of carbonyl (C=O) groups excluding carboxylic acids is 2. The number of carbonyl (C=O) groups is 2. The van der Waals surface area contributed by atoms with Crippen molar-refractivity contribution in [1.82, 2.24) is 24.8 Å². The molecule has 0 unspecified atom stereocenters. The largest absolute Gasteiger partial charge is 0.342 e. The van der Waals surface area contributed by atoms with Crippen molar-refractivity contribution < 1.29 is 9.59 Å². The number of rotatable bonds is 10. The van der Waals surface area contributed by atoms with E-state index in [9.17, 15) is 9.59 Å². The molecule has 0 spiro atoms. The Morgan fingerprint density at radius 2 is 1.63 bits per heavy atom. The summed E-state index contributed by atoms with van der Waals surface area (Å²) in [6, 6.07) is 11.0. The highest BCUT2D eigenvalue weighted by Gasteiger charge is 2.34. The second-order valence-corrected chi connectivity index (χ2v) is 11.1. The number of imidazole rings is 1. The van der Waals surface area contributed by atoms with Crippen LogP contribution in [-0.2, 0) is 0 Å². The molecule has 1 fully saturated rings. The van der Waals surface area contributed by atoms with E-state index in [2.05, 4.69) is 14.9 Å². The molecule has 2 aliphatic rings. The number of allylic oxidation sites excluding steroid dienone is 5. The number of unbranched alkanes of at least 4 members (excludes halogenated alkanes) is 1. The third-order valence-corrected chi connectivity index (χ3v) is 8.50. The topological polar surface area (TPSA) is 82.2 Å². The first-order valence-electron chi connectivity index (χ1n) is 14.0. The maximum atomic E-state index is 12.6. The van der Waals surface area contributed by atoms with E-state index in [1.807, 2.05) is 31.2 Å². The first-order chi connectivity index (χ1) is 20.0. The maximum Gasteiger partial charge on any atom is 0.261 e. The van der Waals surface area contributed by atoms with E-state index in [0.717, 1.165) is 68.1 Å². The Labute approximate surface area is 250 Å². The molecule has 0 radical (unpaired) electrons. The average Bonchev–Trinajstić information content (AvgIpc) is 3.54. The standard InChI is InChI=1S/C32H33Cl2N5O2/c1-2-26(33)27(34)10-7-11-28-29(22-12-16-35-17-13-22)37-30(36-28)23-14-20-38(21-15-23)18-5-6-19-39-31(40)24-8-3-4-9-25(24)32(39)41/h2-4,7-13,16-17,23H,5-6,14-15,18-21H2,1H3,(H,36,37)/b11-7+,26-2+,27-10+. The van der Waals surface area contributed by atoms with Gasteiger partial charge in [0, 0.05) is 30.4 Å². The Morgan fingerprint density at radius 1 is 0.976 bits per heavy atom. The summed E-state index contributed by atoms with van der Waals surface area (Å²) < 4.78 is 0. The third-order valence-electron chi connectivity index (χ3n) is 7.65. The highest BCUT2D eigenvalue weighted by atomic mass is 35.5. The van der Waals surface area contributed by atoms with Gasteiger partial charge in [-0.3, -0.25) is 19.5 Å². The van der Waals surface area contributed by atoms with Gasteiger partial charge < -0.3 is 9.88 Å². The summed E-state index contributed by atoms with van der Waals surface area (Å²) in [5, 5.41) is 0.984. The lowest BCUT2D eigenvalue weighted by atomic mass is 9.96. The molecule has 1 aromatic carbocycles. The summed E-state index contributed by atoms with van der Waals surface area (Å²) in [4.78, 5) is 41.7. The number of halogens is 2. The predicted molar refractivity (Wildman–Crippen MR) is 164 cm³/mol. The van der Waals surface area contributed by atoms with Crippen molar-refractivity contribution in [2.24, 2.45) is 0 Å². The fourth-order valence-electron chi connectivity index (χ4n) is 5.37. The Balaban J connectivity index is 1.16. The molecule has 2 aromatic heterocycles. The molecular formula is C32H33Cl2N5O2. The van der Waals surface area contributed by atoms with Crippen molar-refractivity contribution in [1.29, 1.82) is 0 Å². The molecule has 2 aliphatic heterocycles. The van der Waals surface area contributed by atoms with Gasteiger partial charge in [0.15, 0.2) is 0 Å². The number of H-pyrrole nitrogens is 1. The summed E-state index contributed by atoms with van der Waals surface area (Å²) in [5.74, 6) is 0.976.